The normalized spacial score (nSPS) is 13.5. The van der Waals surface area contributed by atoms with E-state index >= 15 is 0 Å². The smallest absolute Gasteiger partial charge is 0.318 e. The molecule has 2 rings (SSSR count). The lowest BCUT2D eigenvalue weighted by atomic mass is 10.0. The average Bonchev–Trinajstić information content (AvgIpc) is 2.57. The Labute approximate surface area is 145 Å². The molecule has 0 saturated carbocycles. The van der Waals surface area contributed by atoms with Gasteiger partial charge in [0.15, 0.2) is 0 Å². The van der Waals surface area contributed by atoms with Crippen LogP contribution in [0.3, 0.4) is 0 Å². The van der Waals surface area contributed by atoms with E-state index in [0.29, 0.717) is 13.1 Å². The molecule has 9 heteroatoms. The van der Waals surface area contributed by atoms with Crippen molar-refractivity contribution in [3.05, 3.63) is 35.4 Å². The van der Waals surface area contributed by atoms with Gasteiger partial charge in [0.1, 0.15) is 0 Å². The lowest BCUT2D eigenvalue weighted by molar-refractivity contribution is -0.121. The molecule has 0 bridgehead atoms. The van der Waals surface area contributed by atoms with Gasteiger partial charge in [0.2, 0.25) is 5.91 Å². The van der Waals surface area contributed by atoms with Gasteiger partial charge in [-0.05, 0) is 17.5 Å². The first-order valence-electron chi connectivity index (χ1n) is 7.35. The topological polar surface area (TPSA) is 87.5 Å². The Morgan fingerprint density at radius 2 is 1.88 bits per heavy atom. The summed E-state index contributed by atoms with van der Waals surface area (Å²) in [6.45, 7) is -1.01. The highest BCUT2D eigenvalue weighted by Gasteiger charge is 2.27. The van der Waals surface area contributed by atoms with Crippen LogP contribution in [-0.4, -0.2) is 48.9 Å². The van der Waals surface area contributed by atoms with Crippen LogP contribution in [-0.2, 0) is 17.8 Å². The first-order chi connectivity index (χ1) is 10.9. The molecule has 134 valence electrons. The van der Waals surface area contributed by atoms with Crippen LogP contribution in [0.15, 0.2) is 24.3 Å². The maximum atomic E-state index is 12.9. The minimum atomic E-state index is -3.14. The summed E-state index contributed by atoms with van der Waals surface area (Å²) >= 11 is 0. The molecule has 1 aromatic rings. The summed E-state index contributed by atoms with van der Waals surface area (Å²) in [6.07, 6.45) is 0.749. The summed E-state index contributed by atoms with van der Waals surface area (Å²) < 4.78 is 25.8. The van der Waals surface area contributed by atoms with Gasteiger partial charge in [-0.15, -0.1) is 12.4 Å². The second kappa shape index (κ2) is 8.79. The Morgan fingerprint density at radius 1 is 1.21 bits per heavy atom. The molecule has 1 aromatic carbocycles. The zero-order chi connectivity index (χ0) is 16.9. The third kappa shape index (κ3) is 5.61. The van der Waals surface area contributed by atoms with E-state index in [1.165, 1.54) is 5.56 Å². The zero-order valence-corrected chi connectivity index (χ0v) is 13.9. The molecule has 0 aliphatic carbocycles. The summed E-state index contributed by atoms with van der Waals surface area (Å²) in [5, 5.41) is 4.48. The number of amides is 3. The Bertz CT molecular complexity index is 586. The molecule has 1 heterocycles. The number of carbonyl (C=O) groups excluding carboxylic acids is 2. The Hall–Kier alpha value is -1.93. The number of nitrogens with two attached hydrogens (primary N) is 1. The number of hydrogen-bond donors (Lipinski definition) is 3. The summed E-state index contributed by atoms with van der Waals surface area (Å²) in [5.74, 6) is -3.82. The molecule has 4 N–H and O–H groups in total. The van der Waals surface area contributed by atoms with Crippen molar-refractivity contribution in [3.8, 4) is 0 Å². The molecule has 0 radical (unpaired) electrons. The molecule has 6 nitrogen and oxygen atoms in total. The molecule has 1 aliphatic rings. The lowest BCUT2D eigenvalue weighted by Gasteiger charge is -2.28. The van der Waals surface area contributed by atoms with Crippen LogP contribution in [0.1, 0.15) is 11.1 Å². The van der Waals surface area contributed by atoms with Gasteiger partial charge in [-0.1, -0.05) is 24.3 Å². The van der Waals surface area contributed by atoms with Gasteiger partial charge in [0, 0.05) is 13.1 Å². The van der Waals surface area contributed by atoms with E-state index in [1.807, 2.05) is 29.6 Å². The highest BCUT2D eigenvalue weighted by Crippen LogP contribution is 2.18. The van der Waals surface area contributed by atoms with Crippen LogP contribution in [0, 0.1) is 0 Å². The van der Waals surface area contributed by atoms with E-state index < -0.39 is 24.9 Å². The number of benzene rings is 1. The van der Waals surface area contributed by atoms with Crippen molar-refractivity contribution in [2.75, 3.05) is 26.2 Å². The molecule has 0 saturated heterocycles. The average molecular weight is 363 g/mol. The van der Waals surface area contributed by atoms with Gasteiger partial charge >= 0.3 is 6.03 Å². The van der Waals surface area contributed by atoms with Gasteiger partial charge in [0.05, 0.1) is 19.6 Å². The van der Waals surface area contributed by atoms with Crippen LogP contribution < -0.4 is 16.4 Å². The number of nitrogens with one attached hydrogen (secondary N) is 2. The van der Waals surface area contributed by atoms with Crippen molar-refractivity contribution in [2.45, 2.75) is 18.9 Å². The first-order valence-corrected chi connectivity index (χ1v) is 7.35. The number of fused-ring (bicyclic) bond motifs is 1. The summed E-state index contributed by atoms with van der Waals surface area (Å²) in [4.78, 5) is 25.1. The number of hydrogen-bond acceptors (Lipinski definition) is 3. The predicted molar refractivity (Wildman–Crippen MR) is 88.2 cm³/mol. The predicted octanol–water partition coefficient (Wildman–Crippen LogP) is 0.886. The fourth-order valence-corrected chi connectivity index (χ4v) is 2.30. The highest BCUT2D eigenvalue weighted by molar-refractivity contribution is 5.85. The first kappa shape index (κ1) is 20.1. The Kier molecular flexibility index (Phi) is 7.37. The van der Waals surface area contributed by atoms with Crippen molar-refractivity contribution in [1.29, 1.82) is 0 Å². The molecule has 3 amide bonds. The molecular weight excluding hydrogens is 342 g/mol. The number of nitrogens with zero attached hydrogens (tertiary/aromatic N) is 1. The maximum Gasteiger partial charge on any atom is 0.318 e. The number of rotatable bonds is 5. The van der Waals surface area contributed by atoms with Crippen LogP contribution in [0.5, 0.6) is 0 Å². The minimum absolute atomic E-state index is 0. The third-order valence-corrected chi connectivity index (χ3v) is 3.66. The Morgan fingerprint density at radius 3 is 2.54 bits per heavy atom. The third-order valence-electron chi connectivity index (χ3n) is 3.66. The van der Waals surface area contributed by atoms with Crippen molar-refractivity contribution >= 4 is 24.3 Å². The molecule has 0 atom stereocenters. The van der Waals surface area contributed by atoms with Crippen LogP contribution in [0.25, 0.3) is 0 Å². The van der Waals surface area contributed by atoms with Crippen molar-refractivity contribution in [2.24, 2.45) is 5.73 Å². The van der Waals surface area contributed by atoms with Crippen molar-refractivity contribution < 1.29 is 18.4 Å². The van der Waals surface area contributed by atoms with E-state index in [-0.39, 0.29) is 25.0 Å². The summed E-state index contributed by atoms with van der Waals surface area (Å²) in [7, 11) is 0. The van der Waals surface area contributed by atoms with E-state index in [4.69, 9.17) is 5.73 Å². The van der Waals surface area contributed by atoms with Crippen LogP contribution in [0.4, 0.5) is 13.6 Å². The van der Waals surface area contributed by atoms with E-state index in [2.05, 4.69) is 5.32 Å². The second-order valence-electron chi connectivity index (χ2n) is 5.44. The van der Waals surface area contributed by atoms with Gasteiger partial charge in [-0.3, -0.25) is 4.79 Å². The van der Waals surface area contributed by atoms with Crippen LogP contribution >= 0.6 is 12.4 Å². The molecule has 0 fully saturated rings. The fourth-order valence-electron chi connectivity index (χ4n) is 2.30. The number of alkyl halides is 2. The van der Waals surface area contributed by atoms with Gasteiger partial charge in [-0.25, -0.2) is 13.6 Å². The molecule has 0 unspecified atom stereocenters. The standard InChI is InChI=1S/C15H20F2N4O2.ClH/c16-15(17,9-18)10-20-13(22)7-19-14(23)21-6-5-11-3-1-2-4-12(11)8-21;/h1-4H,5-10,18H2,(H,19,23)(H,20,22);1H. The van der Waals surface area contributed by atoms with E-state index in [9.17, 15) is 18.4 Å². The maximum absolute atomic E-state index is 12.9. The number of carbonyl (C=O) groups is 2. The Balaban J connectivity index is 0.00000288. The lowest BCUT2D eigenvalue weighted by Crippen LogP contribution is -2.48. The molecule has 24 heavy (non-hydrogen) atoms. The summed E-state index contributed by atoms with van der Waals surface area (Å²) in [5.41, 5.74) is 7.15. The van der Waals surface area contributed by atoms with E-state index in [0.717, 1.165) is 12.0 Å². The SMILES string of the molecule is Cl.NCC(F)(F)CNC(=O)CNC(=O)N1CCc2ccccc2C1. The summed E-state index contributed by atoms with van der Waals surface area (Å²) in [6, 6.07) is 7.45. The molecular formula is C15H21ClF2N4O2. The molecule has 0 spiro atoms. The van der Waals surface area contributed by atoms with Crippen molar-refractivity contribution in [1.82, 2.24) is 15.5 Å². The van der Waals surface area contributed by atoms with Gasteiger partial charge < -0.3 is 21.3 Å². The number of halogens is 3. The fraction of sp³-hybridized carbons (Fsp3) is 0.467. The quantitative estimate of drug-likeness (QED) is 0.727. The highest BCUT2D eigenvalue weighted by atomic mass is 35.5. The molecule has 0 aromatic heterocycles. The van der Waals surface area contributed by atoms with Crippen LogP contribution in [0.2, 0.25) is 0 Å². The van der Waals surface area contributed by atoms with E-state index in [1.54, 1.807) is 4.90 Å². The van der Waals surface area contributed by atoms with Gasteiger partial charge in [-0.2, -0.15) is 0 Å². The van der Waals surface area contributed by atoms with Crippen molar-refractivity contribution in [3.63, 3.8) is 0 Å². The zero-order valence-electron chi connectivity index (χ0n) is 13.1. The molecule has 1 aliphatic heterocycles. The minimum Gasteiger partial charge on any atom is -0.348 e. The van der Waals surface area contributed by atoms with Gasteiger partial charge in [0.25, 0.3) is 5.92 Å². The number of urea groups is 1. The monoisotopic (exact) mass is 362 g/mol. The largest absolute Gasteiger partial charge is 0.348 e. The second-order valence-corrected chi connectivity index (χ2v) is 5.44.